The lowest BCUT2D eigenvalue weighted by Gasteiger charge is -2.15. The summed E-state index contributed by atoms with van der Waals surface area (Å²) >= 11 is 0. The molecule has 1 rings (SSSR count). The molecule has 20 heavy (non-hydrogen) atoms. The van der Waals surface area contributed by atoms with Crippen molar-refractivity contribution in [3.05, 3.63) is 17.7 Å². The van der Waals surface area contributed by atoms with Gasteiger partial charge in [0, 0.05) is 26.4 Å². The minimum Gasteiger partial charge on any atom is -0.497 e. The second-order valence-corrected chi connectivity index (χ2v) is 3.80. The maximum absolute atomic E-state index is 9.19. The first-order valence-corrected chi connectivity index (χ1v) is 6.12. The van der Waals surface area contributed by atoms with Gasteiger partial charge in [0.1, 0.15) is 30.6 Å². The molecule has 0 radical (unpaired) electrons. The molecule has 110 valence electrons. The number of methoxy groups -OCH3 is 3. The Bertz CT molecular complexity index is 456. The van der Waals surface area contributed by atoms with Crippen molar-refractivity contribution in [2.45, 2.75) is 0 Å². The SMILES string of the molecule is COCCOc1cc(OC)cc(C#N)c1OCCOC. The summed E-state index contributed by atoms with van der Waals surface area (Å²) in [6.45, 7) is 1.55. The Kier molecular flexibility index (Phi) is 7.25. The molecule has 6 nitrogen and oxygen atoms in total. The van der Waals surface area contributed by atoms with E-state index in [0.717, 1.165) is 0 Å². The highest BCUT2D eigenvalue weighted by atomic mass is 16.5. The van der Waals surface area contributed by atoms with Gasteiger partial charge in [0.15, 0.2) is 11.5 Å². The zero-order valence-corrected chi connectivity index (χ0v) is 12.0. The van der Waals surface area contributed by atoms with E-state index in [-0.39, 0.29) is 0 Å². The molecule has 0 aliphatic heterocycles. The van der Waals surface area contributed by atoms with Crippen molar-refractivity contribution in [1.82, 2.24) is 0 Å². The third kappa shape index (κ3) is 4.61. The Labute approximate surface area is 118 Å². The summed E-state index contributed by atoms with van der Waals surface area (Å²) in [4.78, 5) is 0. The molecule has 6 heteroatoms. The monoisotopic (exact) mass is 281 g/mol. The molecular formula is C14H19NO5. The van der Waals surface area contributed by atoms with Crippen molar-refractivity contribution in [3.8, 4) is 23.3 Å². The molecule has 0 unspecified atom stereocenters. The minimum atomic E-state index is 0.331. The third-order valence-corrected chi connectivity index (χ3v) is 2.46. The van der Waals surface area contributed by atoms with Gasteiger partial charge in [-0.3, -0.25) is 0 Å². The van der Waals surface area contributed by atoms with E-state index in [1.807, 2.05) is 0 Å². The van der Waals surface area contributed by atoms with E-state index < -0.39 is 0 Å². The molecule has 0 N–H and O–H groups in total. The molecular weight excluding hydrogens is 262 g/mol. The van der Waals surface area contributed by atoms with Crippen molar-refractivity contribution >= 4 is 0 Å². The number of ether oxygens (including phenoxy) is 5. The number of hydrogen-bond donors (Lipinski definition) is 0. The fourth-order valence-electron chi connectivity index (χ4n) is 1.50. The van der Waals surface area contributed by atoms with E-state index in [2.05, 4.69) is 6.07 Å². The van der Waals surface area contributed by atoms with Crippen molar-refractivity contribution < 1.29 is 23.7 Å². The maximum Gasteiger partial charge on any atom is 0.179 e. The molecule has 0 saturated heterocycles. The standard InChI is InChI=1S/C14H19NO5/c1-16-4-6-19-13-9-12(18-3)8-11(10-15)14(13)20-7-5-17-2/h8-9H,4-7H2,1-3H3. The van der Waals surface area contributed by atoms with Crippen LogP contribution in [0.1, 0.15) is 5.56 Å². The lowest BCUT2D eigenvalue weighted by atomic mass is 10.2. The first-order chi connectivity index (χ1) is 9.76. The fourth-order valence-corrected chi connectivity index (χ4v) is 1.50. The van der Waals surface area contributed by atoms with Crippen LogP contribution >= 0.6 is 0 Å². The molecule has 0 spiro atoms. The number of nitrogens with zero attached hydrogens (tertiary/aromatic N) is 1. The van der Waals surface area contributed by atoms with Gasteiger partial charge in [0.25, 0.3) is 0 Å². The van der Waals surface area contributed by atoms with Gasteiger partial charge in [-0.25, -0.2) is 0 Å². The average molecular weight is 281 g/mol. The second kappa shape index (κ2) is 9.02. The molecule has 1 aromatic carbocycles. The molecule has 1 aromatic rings. The molecule has 0 fully saturated rings. The van der Waals surface area contributed by atoms with E-state index in [1.54, 1.807) is 26.4 Å². The van der Waals surface area contributed by atoms with E-state index in [9.17, 15) is 5.26 Å². The van der Waals surface area contributed by atoms with Gasteiger partial charge < -0.3 is 23.7 Å². The first kappa shape index (κ1) is 16.1. The fraction of sp³-hybridized carbons (Fsp3) is 0.500. The van der Waals surface area contributed by atoms with Gasteiger partial charge in [-0.1, -0.05) is 0 Å². The highest BCUT2D eigenvalue weighted by Crippen LogP contribution is 2.35. The summed E-state index contributed by atoms with van der Waals surface area (Å²) in [5, 5.41) is 9.19. The summed E-state index contributed by atoms with van der Waals surface area (Å²) < 4.78 is 26.1. The van der Waals surface area contributed by atoms with Crippen LogP contribution in [0.5, 0.6) is 17.2 Å². The summed E-state index contributed by atoms with van der Waals surface area (Å²) in [6.07, 6.45) is 0. The van der Waals surface area contributed by atoms with Gasteiger partial charge >= 0.3 is 0 Å². The molecule has 0 saturated carbocycles. The Morgan fingerprint density at radius 3 is 2.15 bits per heavy atom. The van der Waals surface area contributed by atoms with Crippen LogP contribution in [-0.2, 0) is 9.47 Å². The van der Waals surface area contributed by atoms with E-state index >= 15 is 0 Å². The van der Waals surface area contributed by atoms with Crippen LogP contribution in [0.2, 0.25) is 0 Å². The van der Waals surface area contributed by atoms with Crippen molar-refractivity contribution in [2.75, 3.05) is 47.8 Å². The molecule has 0 amide bonds. The normalized spacial score (nSPS) is 9.90. The smallest absolute Gasteiger partial charge is 0.179 e. The van der Waals surface area contributed by atoms with Crippen LogP contribution in [0.25, 0.3) is 0 Å². The number of benzene rings is 1. The number of rotatable bonds is 9. The molecule has 0 heterocycles. The van der Waals surface area contributed by atoms with Gasteiger partial charge in [0.05, 0.1) is 20.3 Å². The quantitative estimate of drug-likeness (QED) is 0.641. The molecule has 0 atom stereocenters. The average Bonchev–Trinajstić information content (AvgIpc) is 2.48. The lowest BCUT2D eigenvalue weighted by Crippen LogP contribution is -2.09. The second-order valence-electron chi connectivity index (χ2n) is 3.80. The van der Waals surface area contributed by atoms with Gasteiger partial charge in [-0.15, -0.1) is 0 Å². The lowest BCUT2D eigenvalue weighted by molar-refractivity contribution is 0.132. The highest BCUT2D eigenvalue weighted by Gasteiger charge is 2.14. The summed E-state index contributed by atoms with van der Waals surface area (Å²) in [6, 6.07) is 5.35. The van der Waals surface area contributed by atoms with Gasteiger partial charge in [-0.2, -0.15) is 5.26 Å². The van der Waals surface area contributed by atoms with Crippen LogP contribution in [0, 0.1) is 11.3 Å². The van der Waals surface area contributed by atoms with Crippen LogP contribution < -0.4 is 14.2 Å². The van der Waals surface area contributed by atoms with Gasteiger partial charge in [0.2, 0.25) is 0 Å². The summed E-state index contributed by atoms with van der Waals surface area (Å²) in [5.41, 5.74) is 0.355. The zero-order valence-electron chi connectivity index (χ0n) is 12.0. The Morgan fingerprint density at radius 1 is 0.950 bits per heavy atom. The maximum atomic E-state index is 9.19. The van der Waals surface area contributed by atoms with E-state index in [1.165, 1.54) is 7.11 Å². The van der Waals surface area contributed by atoms with Crippen molar-refractivity contribution in [2.24, 2.45) is 0 Å². The molecule has 0 aromatic heterocycles. The molecule has 0 bridgehead atoms. The topological polar surface area (TPSA) is 69.9 Å². The highest BCUT2D eigenvalue weighted by molar-refractivity contribution is 5.56. The Hall–Kier alpha value is -1.97. The van der Waals surface area contributed by atoms with Crippen LogP contribution in [-0.4, -0.2) is 47.8 Å². The summed E-state index contributed by atoms with van der Waals surface area (Å²) in [7, 11) is 4.70. The Balaban J connectivity index is 2.97. The first-order valence-electron chi connectivity index (χ1n) is 6.12. The van der Waals surface area contributed by atoms with Crippen molar-refractivity contribution in [3.63, 3.8) is 0 Å². The minimum absolute atomic E-state index is 0.331. The van der Waals surface area contributed by atoms with Crippen LogP contribution in [0.3, 0.4) is 0 Å². The number of hydrogen-bond acceptors (Lipinski definition) is 6. The van der Waals surface area contributed by atoms with E-state index in [4.69, 9.17) is 23.7 Å². The van der Waals surface area contributed by atoms with Gasteiger partial charge in [-0.05, 0) is 0 Å². The molecule has 0 aliphatic rings. The third-order valence-electron chi connectivity index (χ3n) is 2.46. The largest absolute Gasteiger partial charge is 0.497 e. The predicted molar refractivity (Wildman–Crippen MR) is 72.5 cm³/mol. The molecule has 0 aliphatic carbocycles. The predicted octanol–water partition coefficient (Wildman–Crippen LogP) is 1.62. The Morgan fingerprint density at radius 2 is 1.60 bits per heavy atom. The van der Waals surface area contributed by atoms with Crippen molar-refractivity contribution in [1.29, 1.82) is 5.26 Å². The summed E-state index contributed by atoms with van der Waals surface area (Å²) in [5.74, 6) is 1.38. The van der Waals surface area contributed by atoms with E-state index in [0.29, 0.717) is 49.2 Å². The zero-order chi connectivity index (χ0) is 14.8. The van der Waals surface area contributed by atoms with Crippen LogP contribution in [0.4, 0.5) is 0 Å². The van der Waals surface area contributed by atoms with Crippen LogP contribution in [0.15, 0.2) is 12.1 Å². The number of nitriles is 1.